The lowest BCUT2D eigenvalue weighted by atomic mass is 10.2. The summed E-state index contributed by atoms with van der Waals surface area (Å²) in [5, 5.41) is 0. The Morgan fingerprint density at radius 2 is 2.29 bits per heavy atom. The first-order valence-electron chi connectivity index (χ1n) is 4.47. The molecule has 0 bridgehead atoms. The molecule has 0 atom stereocenters. The van der Waals surface area contributed by atoms with Gasteiger partial charge in [-0.05, 0) is 40.7 Å². The molecule has 0 heterocycles. The standard InChI is InChI=1S/C11H15BrN2/c1-3-6-14(2)8-9-4-5-10(12)11(13)7-9/h3-5,7H,1,6,8,13H2,2H3. The summed E-state index contributed by atoms with van der Waals surface area (Å²) in [4.78, 5) is 2.18. The van der Waals surface area contributed by atoms with Crippen LogP contribution in [0, 0.1) is 0 Å². The third-order valence-corrected chi connectivity index (χ3v) is 2.68. The molecule has 0 fully saturated rings. The molecule has 1 rings (SSSR count). The van der Waals surface area contributed by atoms with Gasteiger partial charge in [0.15, 0.2) is 0 Å². The van der Waals surface area contributed by atoms with Gasteiger partial charge in [-0.15, -0.1) is 6.58 Å². The maximum Gasteiger partial charge on any atom is 0.0461 e. The molecule has 2 nitrogen and oxygen atoms in total. The summed E-state index contributed by atoms with van der Waals surface area (Å²) in [6, 6.07) is 6.04. The third-order valence-electron chi connectivity index (χ3n) is 1.95. The van der Waals surface area contributed by atoms with Crippen molar-refractivity contribution in [3.63, 3.8) is 0 Å². The summed E-state index contributed by atoms with van der Waals surface area (Å²) < 4.78 is 0.952. The molecular weight excluding hydrogens is 240 g/mol. The van der Waals surface area contributed by atoms with Gasteiger partial charge in [-0.3, -0.25) is 4.90 Å². The van der Waals surface area contributed by atoms with Gasteiger partial charge in [0.05, 0.1) is 0 Å². The molecule has 0 aromatic heterocycles. The van der Waals surface area contributed by atoms with Gasteiger partial charge in [-0.2, -0.15) is 0 Å². The lowest BCUT2D eigenvalue weighted by Crippen LogP contribution is -2.17. The summed E-state index contributed by atoms with van der Waals surface area (Å²) in [5.41, 5.74) is 7.79. The first kappa shape index (κ1) is 11.3. The molecule has 0 aliphatic rings. The second-order valence-corrected chi connectivity index (χ2v) is 4.20. The van der Waals surface area contributed by atoms with E-state index in [1.165, 1.54) is 5.56 Å². The molecule has 0 amide bonds. The van der Waals surface area contributed by atoms with Crippen LogP contribution < -0.4 is 5.73 Å². The molecule has 0 saturated heterocycles. The molecule has 0 spiro atoms. The second kappa shape index (κ2) is 5.17. The zero-order chi connectivity index (χ0) is 10.6. The minimum atomic E-state index is 0.787. The minimum Gasteiger partial charge on any atom is -0.398 e. The van der Waals surface area contributed by atoms with Crippen molar-refractivity contribution in [1.29, 1.82) is 0 Å². The van der Waals surface area contributed by atoms with Gasteiger partial charge >= 0.3 is 0 Å². The van der Waals surface area contributed by atoms with Crippen molar-refractivity contribution in [1.82, 2.24) is 4.90 Å². The van der Waals surface area contributed by atoms with Crippen LogP contribution in [-0.2, 0) is 6.54 Å². The zero-order valence-corrected chi connectivity index (χ0v) is 9.92. The van der Waals surface area contributed by atoms with E-state index in [0.29, 0.717) is 0 Å². The van der Waals surface area contributed by atoms with E-state index in [4.69, 9.17) is 5.73 Å². The topological polar surface area (TPSA) is 29.3 Å². The fraction of sp³-hybridized carbons (Fsp3) is 0.273. The van der Waals surface area contributed by atoms with E-state index in [2.05, 4.69) is 40.5 Å². The second-order valence-electron chi connectivity index (χ2n) is 3.34. The molecule has 2 N–H and O–H groups in total. The Bertz CT molecular complexity index is 323. The van der Waals surface area contributed by atoms with E-state index in [0.717, 1.165) is 23.2 Å². The summed E-state index contributed by atoms with van der Waals surface area (Å²) in [5.74, 6) is 0. The largest absolute Gasteiger partial charge is 0.398 e. The van der Waals surface area contributed by atoms with E-state index < -0.39 is 0 Å². The molecule has 76 valence electrons. The molecule has 0 unspecified atom stereocenters. The Kier molecular flexibility index (Phi) is 4.17. The van der Waals surface area contributed by atoms with Crippen molar-refractivity contribution in [2.45, 2.75) is 6.54 Å². The SMILES string of the molecule is C=CCN(C)Cc1ccc(Br)c(N)c1. The van der Waals surface area contributed by atoms with Gasteiger partial charge < -0.3 is 5.73 Å². The Morgan fingerprint density at radius 3 is 2.86 bits per heavy atom. The van der Waals surface area contributed by atoms with Gasteiger partial charge in [-0.25, -0.2) is 0 Å². The smallest absolute Gasteiger partial charge is 0.0461 e. The summed E-state index contributed by atoms with van der Waals surface area (Å²) in [7, 11) is 2.06. The number of hydrogen-bond donors (Lipinski definition) is 1. The Balaban J connectivity index is 2.67. The quantitative estimate of drug-likeness (QED) is 0.662. The Labute approximate surface area is 93.5 Å². The molecule has 0 saturated carbocycles. The first-order valence-corrected chi connectivity index (χ1v) is 5.26. The fourth-order valence-corrected chi connectivity index (χ4v) is 1.53. The summed E-state index contributed by atoms with van der Waals surface area (Å²) in [6.45, 7) is 5.48. The number of hydrogen-bond acceptors (Lipinski definition) is 2. The Morgan fingerprint density at radius 1 is 1.57 bits per heavy atom. The highest BCUT2D eigenvalue weighted by Crippen LogP contribution is 2.20. The van der Waals surface area contributed by atoms with Crippen molar-refractivity contribution in [2.24, 2.45) is 0 Å². The average molecular weight is 255 g/mol. The third kappa shape index (κ3) is 3.16. The number of anilines is 1. The number of nitrogens with zero attached hydrogens (tertiary/aromatic N) is 1. The van der Waals surface area contributed by atoms with E-state index in [9.17, 15) is 0 Å². The average Bonchev–Trinajstić information content (AvgIpc) is 2.12. The number of nitrogen functional groups attached to an aromatic ring is 1. The number of benzene rings is 1. The van der Waals surface area contributed by atoms with Crippen molar-refractivity contribution in [3.05, 3.63) is 40.9 Å². The minimum absolute atomic E-state index is 0.787. The van der Waals surface area contributed by atoms with Crippen molar-refractivity contribution in [2.75, 3.05) is 19.3 Å². The van der Waals surface area contributed by atoms with Crippen LogP contribution in [0.1, 0.15) is 5.56 Å². The highest BCUT2D eigenvalue weighted by atomic mass is 79.9. The maximum absolute atomic E-state index is 5.78. The highest BCUT2D eigenvalue weighted by molar-refractivity contribution is 9.10. The molecule has 3 heteroatoms. The predicted octanol–water partition coefficient (Wildman–Crippen LogP) is 2.65. The van der Waals surface area contributed by atoms with Crippen molar-refractivity contribution >= 4 is 21.6 Å². The summed E-state index contributed by atoms with van der Waals surface area (Å²) >= 11 is 3.37. The van der Waals surface area contributed by atoms with E-state index >= 15 is 0 Å². The van der Waals surface area contributed by atoms with Crippen LogP contribution in [-0.4, -0.2) is 18.5 Å². The van der Waals surface area contributed by atoms with E-state index in [-0.39, 0.29) is 0 Å². The van der Waals surface area contributed by atoms with Gasteiger partial charge in [-0.1, -0.05) is 12.1 Å². The van der Waals surface area contributed by atoms with E-state index in [1.54, 1.807) is 0 Å². The molecule has 0 aliphatic carbocycles. The monoisotopic (exact) mass is 254 g/mol. The molecule has 14 heavy (non-hydrogen) atoms. The predicted molar refractivity (Wildman–Crippen MR) is 65.1 cm³/mol. The Hall–Kier alpha value is -0.800. The van der Waals surface area contributed by atoms with Gasteiger partial charge in [0.1, 0.15) is 0 Å². The van der Waals surface area contributed by atoms with Crippen LogP contribution in [0.25, 0.3) is 0 Å². The molecular formula is C11H15BrN2. The number of nitrogens with two attached hydrogens (primary N) is 1. The van der Waals surface area contributed by atoms with Crippen LogP contribution in [0.2, 0.25) is 0 Å². The van der Waals surface area contributed by atoms with Gasteiger partial charge in [0.25, 0.3) is 0 Å². The van der Waals surface area contributed by atoms with Crippen LogP contribution in [0.4, 0.5) is 5.69 Å². The maximum atomic E-state index is 5.78. The molecule has 0 radical (unpaired) electrons. The van der Waals surface area contributed by atoms with Crippen molar-refractivity contribution in [3.8, 4) is 0 Å². The van der Waals surface area contributed by atoms with Gasteiger partial charge in [0, 0.05) is 23.2 Å². The molecule has 1 aromatic rings. The molecule has 0 aliphatic heterocycles. The normalized spacial score (nSPS) is 10.5. The molecule has 1 aromatic carbocycles. The zero-order valence-electron chi connectivity index (χ0n) is 8.33. The first-order chi connectivity index (χ1) is 6.63. The lowest BCUT2D eigenvalue weighted by Gasteiger charge is -2.14. The highest BCUT2D eigenvalue weighted by Gasteiger charge is 2.00. The number of likely N-dealkylation sites (N-methyl/N-ethyl adjacent to an activating group) is 1. The van der Waals surface area contributed by atoms with Crippen LogP contribution in [0.15, 0.2) is 35.3 Å². The number of rotatable bonds is 4. The fourth-order valence-electron chi connectivity index (χ4n) is 1.29. The van der Waals surface area contributed by atoms with Crippen LogP contribution in [0.3, 0.4) is 0 Å². The van der Waals surface area contributed by atoms with Gasteiger partial charge in [0.2, 0.25) is 0 Å². The lowest BCUT2D eigenvalue weighted by molar-refractivity contribution is 0.364. The van der Waals surface area contributed by atoms with Crippen molar-refractivity contribution < 1.29 is 0 Å². The summed E-state index contributed by atoms with van der Waals surface area (Å²) in [6.07, 6.45) is 1.89. The van der Waals surface area contributed by atoms with E-state index in [1.807, 2.05) is 18.2 Å². The van der Waals surface area contributed by atoms with Crippen LogP contribution in [0.5, 0.6) is 0 Å². The van der Waals surface area contributed by atoms with Crippen LogP contribution >= 0.6 is 15.9 Å². The number of halogens is 1.